The zero-order chi connectivity index (χ0) is 19.5. The largest absolute Gasteiger partial charge is 0.381 e. The summed E-state index contributed by atoms with van der Waals surface area (Å²) < 4.78 is 5.50. The molecule has 2 saturated heterocycles. The fourth-order valence-corrected chi connectivity index (χ4v) is 4.47. The van der Waals surface area contributed by atoms with Crippen LogP contribution in [0.15, 0.2) is 24.3 Å². The van der Waals surface area contributed by atoms with Crippen molar-refractivity contribution >= 4 is 29.2 Å². The number of ether oxygens (including phenoxy) is 1. The Labute approximate surface area is 171 Å². The van der Waals surface area contributed by atoms with E-state index in [1.54, 1.807) is 12.1 Å². The van der Waals surface area contributed by atoms with Crippen LogP contribution in [0.25, 0.3) is 0 Å². The van der Waals surface area contributed by atoms with E-state index >= 15 is 0 Å². The lowest BCUT2D eigenvalue weighted by Crippen LogP contribution is -2.54. The summed E-state index contributed by atoms with van der Waals surface area (Å²) in [7, 11) is 0. The number of carbonyl (C=O) groups excluding carboxylic acids is 2. The van der Waals surface area contributed by atoms with Crippen LogP contribution in [0.5, 0.6) is 0 Å². The highest BCUT2D eigenvalue weighted by Gasteiger charge is 2.41. The van der Waals surface area contributed by atoms with E-state index in [2.05, 4.69) is 10.2 Å². The molecule has 2 heterocycles. The molecule has 1 N–H and O–H groups in total. The van der Waals surface area contributed by atoms with Crippen LogP contribution in [0, 0.1) is 5.92 Å². The Hall–Kier alpha value is -1.79. The van der Waals surface area contributed by atoms with E-state index < -0.39 is 0 Å². The molecule has 6 nitrogen and oxygen atoms in total. The molecule has 1 aromatic carbocycles. The van der Waals surface area contributed by atoms with Gasteiger partial charge in [0.05, 0.1) is 0 Å². The van der Waals surface area contributed by atoms with Gasteiger partial charge in [0.2, 0.25) is 5.91 Å². The third-order valence-electron chi connectivity index (χ3n) is 5.99. The molecule has 0 bridgehead atoms. The quantitative estimate of drug-likeness (QED) is 0.829. The smallest absolute Gasteiger partial charge is 0.321 e. The third kappa shape index (κ3) is 4.61. The number of amides is 3. The molecule has 0 aromatic heterocycles. The topological polar surface area (TPSA) is 61.9 Å². The molecule has 0 unspecified atom stereocenters. The number of carbonyl (C=O) groups is 2. The lowest BCUT2D eigenvalue weighted by molar-refractivity contribution is -0.141. The highest BCUT2D eigenvalue weighted by atomic mass is 35.5. The zero-order valence-corrected chi connectivity index (χ0v) is 16.9. The Kier molecular flexibility index (Phi) is 6.07. The summed E-state index contributed by atoms with van der Waals surface area (Å²) >= 11 is 5.99. The lowest BCUT2D eigenvalue weighted by atomic mass is 9.97. The Bertz CT molecular complexity index is 711. The summed E-state index contributed by atoms with van der Waals surface area (Å²) in [6.45, 7) is 2.80. The van der Waals surface area contributed by atoms with Crippen LogP contribution in [0.3, 0.4) is 0 Å². The molecule has 3 amide bonds. The third-order valence-corrected chi connectivity index (χ3v) is 6.22. The highest BCUT2D eigenvalue weighted by molar-refractivity contribution is 6.30. The van der Waals surface area contributed by atoms with Crippen molar-refractivity contribution in [1.29, 1.82) is 0 Å². The molecule has 152 valence electrons. The first-order valence-electron chi connectivity index (χ1n) is 10.3. The van der Waals surface area contributed by atoms with Crippen LogP contribution in [0.2, 0.25) is 5.02 Å². The average Bonchev–Trinajstić information content (AvgIpc) is 3.55. The van der Waals surface area contributed by atoms with Gasteiger partial charge in [-0.2, -0.15) is 0 Å². The van der Waals surface area contributed by atoms with Gasteiger partial charge in [-0.15, -0.1) is 0 Å². The number of anilines is 1. The first-order chi connectivity index (χ1) is 13.6. The van der Waals surface area contributed by atoms with Crippen molar-refractivity contribution in [3.8, 4) is 0 Å². The molecule has 0 radical (unpaired) electrons. The van der Waals surface area contributed by atoms with Gasteiger partial charge < -0.3 is 19.9 Å². The van der Waals surface area contributed by atoms with Gasteiger partial charge in [-0.3, -0.25) is 4.79 Å². The first-order valence-corrected chi connectivity index (χ1v) is 10.7. The molecule has 7 heteroatoms. The van der Waals surface area contributed by atoms with Gasteiger partial charge in [0.1, 0.15) is 0 Å². The van der Waals surface area contributed by atoms with Crippen LogP contribution in [0.1, 0.15) is 38.5 Å². The molecule has 0 spiro atoms. The maximum atomic E-state index is 13.0. The van der Waals surface area contributed by atoms with E-state index in [1.807, 2.05) is 17.0 Å². The van der Waals surface area contributed by atoms with E-state index in [1.165, 1.54) is 0 Å². The van der Waals surface area contributed by atoms with Gasteiger partial charge in [0.15, 0.2) is 0 Å². The van der Waals surface area contributed by atoms with Crippen LogP contribution < -0.4 is 5.32 Å². The maximum absolute atomic E-state index is 13.0. The SMILES string of the molecule is O=C(Nc1cccc(Cl)c1)N1CCC(N(C(=O)C2CC2)C2CCOCC2)CC1. The van der Waals surface area contributed by atoms with Crippen LogP contribution in [0.4, 0.5) is 10.5 Å². The molecule has 1 aliphatic carbocycles. The van der Waals surface area contributed by atoms with E-state index in [0.29, 0.717) is 35.7 Å². The molecule has 1 aromatic rings. The average molecular weight is 406 g/mol. The number of hydrogen-bond acceptors (Lipinski definition) is 3. The van der Waals surface area contributed by atoms with Crippen molar-refractivity contribution in [3.63, 3.8) is 0 Å². The van der Waals surface area contributed by atoms with Crippen LogP contribution >= 0.6 is 11.6 Å². The molecule has 3 fully saturated rings. The lowest BCUT2D eigenvalue weighted by Gasteiger charge is -2.43. The standard InChI is InChI=1S/C21H28ClN3O3/c22-16-2-1-3-17(14-16)23-21(27)24-10-6-18(7-11-24)25(20(26)15-4-5-15)19-8-12-28-13-9-19/h1-3,14-15,18-19H,4-13H2,(H,23,27). The number of hydrogen-bond donors (Lipinski definition) is 1. The van der Waals surface area contributed by atoms with Gasteiger partial charge in [0.25, 0.3) is 0 Å². The highest BCUT2D eigenvalue weighted by Crippen LogP contribution is 2.35. The van der Waals surface area contributed by atoms with Crippen molar-refractivity contribution in [2.75, 3.05) is 31.6 Å². The molecule has 1 saturated carbocycles. The van der Waals surface area contributed by atoms with Gasteiger partial charge in [0, 0.05) is 55.0 Å². The second kappa shape index (κ2) is 8.70. The minimum atomic E-state index is -0.105. The zero-order valence-electron chi connectivity index (χ0n) is 16.1. The van der Waals surface area contributed by atoms with E-state index in [4.69, 9.17) is 16.3 Å². The van der Waals surface area contributed by atoms with Gasteiger partial charge >= 0.3 is 6.03 Å². The van der Waals surface area contributed by atoms with Crippen molar-refractivity contribution < 1.29 is 14.3 Å². The molecule has 3 aliphatic rings. The number of nitrogens with one attached hydrogen (secondary N) is 1. The van der Waals surface area contributed by atoms with Gasteiger partial charge in [-0.1, -0.05) is 17.7 Å². The first kappa shape index (κ1) is 19.5. The number of likely N-dealkylation sites (tertiary alicyclic amines) is 1. The summed E-state index contributed by atoms with van der Waals surface area (Å²) in [4.78, 5) is 29.6. The Balaban J connectivity index is 1.35. The number of piperidine rings is 1. The molecule has 4 rings (SSSR count). The van der Waals surface area contributed by atoms with Crippen molar-refractivity contribution in [2.45, 2.75) is 50.6 Å². The summed E-state index contributed by atoms with van der Waals surface area (Å²) in [6, 6.07) is 7.59. The predicted molar refractivity (Wildman–Crippen MR) is 108 cm³/mol. The van der Waals surface area contributed by atoms with E-state index in [0.717, 1.165) is 51.7 Å². The summed E-state index contributed by atoms with van der Waals surface area (Å²) in [5.74, 6) is 0.556. The molecule has 0 atom stereocenters. The fraction of sp³-hybridized carbons (Fsp3) is 0.619. The van der Waals surface area contributed by atoms with Crippen molar-refractivity contribution in [1.82, 2.24) is 9.80 Å². The Morgan fingerprint density at radius 2 is 1.71 bits per heavy atom. The predicted octanol–water partition coefficient (Wildman–Crippen LogP) is 3.75. The van der Waals surface area contributed by atoms with Crippen LogP contribution in [-0.4, -0.2) is 60.1 Å². The number of benzene rings is 1. The second-order valence-corrected chi connectivity index (χ2v) is 8.46. The van der Waals surface area contributed by atoms with Gasteiger partial charge in [-0.05, 0) is 56.7 Å². The van der Waals surface area contributed by atoms with Crippen LogP contribution in [-0.2, 0) is 9.53 Å². The fourth-order valence-electron chi connectivity index (χ4n) is 4.28. The number of nitrogens with zero attached hydrogens (tertiary/aromatic N) is 2. The summed E-state index contributed by atoms with van der Waals surface area (Å²) in [5, 5.41) is 3.52. The van der Waals surface area contributed by atoms with Crippen molar-refractivity contribution in [2.24, 2.45) is 5.92 Å². The maximum Gasteiger partial charge on any atom is 0.321 e. The molecule has 28 heavy (non-hydrogen) atoms. The molecular weight excluding hydrogens is 378 g/mol. The number of urea groups is 1. The number of rotatable bonds is 4. The Morgan fingerprint density at radius 1 is 1.04 bits per heavy atom. The normalized spacial score (nSPS) is 21.4. The summed E-state index contributed by atoms with van der Waals surface area (Å²) in [6.07, 6.45) is 5.57. The molecule has 2 aliphatic heterocycles. The second-order valence-electron chi connectivity index (χ2n) is 8.02. The minimum absolute atomic E-state index is 0.105. The van der Waals surface area contributed by atoms with Crippen molar-refractivity contribution in [3.05, 3.63) is 29.3 Å². The summed E-state index contributed by atoms with van der Waals surface area (Å²) in [5.41, 5.74) is 0.701. The van der Waals surface area contributed by atoms with E-state index in [9.17, 15) is 9.59 Å². The molecular formula is C21H28ClN3O3. The monoisotopic (exact) mass is 405 g/mol. The minimum Gasteiger partial charge on any atom is -0.381 e. The number of halogens is 1. The van der Waals surface area contributed by atoms with E-state index in [-0.39, 0.29) is 18.0 Å². The van der Waals surface area contributed by atoms with Gasteiger partial charge in [-0.25, -0.2) is 4.79 Å². The Morgan fingerprint density at radius 3 is 2.36 bits per heavy atom.